The van der Waals surface area contributed by atoms with Gasteiger partial charge in [0.2, 0.25) is 0 Å². The van der Waals surface area contributed by atoms with Gasteiger partial charge in [-0.3, -0.25) is 9.80 Å². The number of amides is 1. The number of benzene rings is 2. The molecule has 164 valence electrons. The summed E-state index contributed by atoms with van der Waals surface area (Å²) in [4.78, 5) is 13.4. The van der Waals surface area contributed by atoms with E-state index in [9.17, 15) is 24.3 Å². The van der Waals surface area contributed by atoms with E-state index < -0.39 is 36.5 Å². The second-order valence-corrected chi connectivity index (χ2v) is 8.67. The zero-order chi connectivity index (χ0) is 23.5. The summed E-state index contributed by atoms with van der Waals surface area (Å²) in [6.07, 6.45) is 4.27. The van der Waals surface area contributed by atoms with E-state index in [-0.39, 0.29) is 11.0 Å². The maximum atomic E-state index is 14.2. The second-order valence-electron chi connectivity index (χ2n) is 8.67. The van der Waals surface area contributed by atoms with Gasteiger partial charge in [0.25, 0.3) is 5.91 Å². The van der Waals surface area contributed by atoms with Crippen molar-refractivity contribution in [2.45, 2.75) is 46.9 Å². The number of carbonyl (C=O) groups excluding carboxylic acids is 1. The largest absolute Gasteiger partial charge is 0.491 e. The Hall–Kier alpha value is -2.70. The number of halogens is 1. The average Bonchev–Trinajstić information content (AvgIpc) is 2.64. The standard InChI is InChI=1S/C23H28BFN2O4/c1-7-20(23(4,5)6)27(22(29)17-11-14(2)10-15(3)12-17)26-21(28)16-8-9-18(24(30)31)19(25)13-16/h1,8-13,20-21,26,28,30-31H,2-6H3/t20-,21?/m1/s1. The number of nitrogens with zero attached hydrogens (tertiary/aromatic N) is 1. The lowest BCUT2D eigenvalue weighted by molar-refractivity contribution is 0.000584. The molecule has 31 heavy (non-hydrogen) atoms. The highest BCUT2D eigenvalue weighted by molar-refractivity contribution is 6.58. The molecule has 0 saturated carbocycles. The van der Waals surface area contributed by atoms with Crippen LogP contribution >= 0.6 is 0 Å². The maximum Gasteiger partial charge on any atom is 0.491 e. The number of hydrogen-bond donors (Lipinski definition) is 4. The van der Waals surface area contributed by atoms with Crippen molar-refractivity contribution in [1.82, 2.24) is 10.4 Å². The van der Waals surface area contributed by atoms with E-state index in [1.54, 1.807) is 12.1 Å². The molecule has 4 N–H and O–H groups in total. The lowest BCUT2D eigenvalue weighted by Gasteiger charge is -2.38. The summed E-state index contributed by atoms with van der Waals surface area (Å²) < 4.78 is 14.2. The molecule has 8 heteroatoms. The second kappa shape index (κ2) is 9.63. The first-order valence-corrected chi connectivity index (χ1v) is 9.83. The minimum Gasteiger partial charge on any atom is -0.423 e. The molecule has 1 unspecified atom stereocenters. The molecule has 2 aromatic rings. The molecule has 1 amide bonds. The van der Waals surface area contributed by atoms with Crippen LogP contribution in [0, 0.1) is 37.4 Å². The number of aliphatic hydroxyl groups is 1. The molecule has 0 bridgehead atoms. The molecule has 0 saturated heterocycles. The fraction of sp³-hybridized carbons (Fsp3) is 0.348. The van der Waals surface area contributed by atoms with Gasteiger partial charge in [0.05, 0.1) is 0 Å². The minimum absolute atomic E-state index is 0.0878. The topological polar surface area (TPSA) is 93.0 Å². The van der Waals surface area contributed by atoms with Gasteiger partial charge < -0.3 is 15.2 Å². The van der Waals surface area contributed by atoms with Crippen molar-refractivity contribution in [2.24, 2.45) is 5.41 Å². The molecule has 0 aliphatic heterocycles. The van der Waals surface area contributed by atoms with Crippen LogP contribution in [0.4, 0.5) is 4.39 Å². The highest BCUT2D eigenvalue weighted by atomic mass is 19.1. The Morgan fingerprint density at radius 2 is 1.74 bits per heavy atom. The van der Waals surface area contributed by atoms with Crippen LogP contribution < -0.4 is 10.9 Å². The number of aryl methyl sites for hydroxylation is 2. The molecule has 0 heterocycles. The Labute approximate surface area is 182 Å². The van der Waals surface area contributed by atoms with Crippen LogP contribution in [0.1, 0.15) is 54.0 Å². The van der Waals surface area contributed by atoms with Crippen molar-refractivity contribution in [3.8, 4) is 12.3 Å². The van der Waals surface area contributed by atoms with Gasteiger partial charge in [-0.15, -0.1) is 6.42 Å². The van der Waals surface area contributed by atoms with E-state index in [1.165, 1.54) is 11.1 Å². The summed E-state index contributed by atoms with van der Waals surface area (Å²) in [7, 11) is -1.98. The van der Waals surface area contributed by atoms with Gasteiger partial charge >= 0.3 is 7.12 Å². The summed E-state index contributed by atoms with van der Waals surface area (Å²) in [5, 5.41) is 30.2. The first-order valence-electron chi connectivity index (χ1n) is 9.83. The van der Waals surface area contributed by atoms with Crippen molar-refractivity contribution in [1.29, 1.82) is 0 Å². The maximum absolute atomic E-state index is 14.2. The summed E-state index contributed by atoms with van der Waals surface area (Å²) in [5.41, 5.74) is 4.13. The number of terminal acetylenes is 1. The van der Waals surface area contributed by atoms with E-state index in [1.807, 2.05) is 40.7 Å². The number of aliphatic hydroxyl groups excluding tert-OH is 1. The Bertz CT molecular complexity index is 978. The Morgan fingerprint density at radius 1 is 1.16 bits per heavy atom. The minimum atomic E-state index is -1.98. The van der Waals surface area contributed by atoms with E-state index in [2.05, 4.69) is 11.3 Å². The summed E-state index contributed by atoms with van der Waals surface area (Å²) in [6, 6.07) is 8.10. The monoisotopic (exact) mass is 426 g/mol. The van der Waals surface area contributed by atoms with E-state index in [0.29, 0.717) is 5.56 Å². The molecule has 0 aliphatic rings. The molecular weight excluding hydrogens is 398 g/mol. The van der Waals surface area contributed by atoms with Crippen LogP contribution in [-0.4, -0.2) is 39.2 Å². The lowest BCUT2D eigenvalue weighted by atomic mass is 9.79. The SMILES string of the molecule is C#C[C@@H](N(NC(O)c1ccc(B(O)O)c(F)c1)C(=O)c1cc(C)cc(C)c1)C(C)(C)C. The smallest absolute Gasteiger partial charge is 0.423 e. The van der Waals surface area contributed by atoms with Gasteiger partial charge in [-0.2, -0.15) is 5.43 Å². The van der Waals surface area contributed by atoms with Crippen LogP contribution in [0.2, 0.25) is 0 Å². The van der Waals surface area contributed by atoms with Crippen molar-refractivity contribution in [3.63, 3.8) is 0 Å². The normalized spacial score (nSPS) is 13.3. The zero-order valence-corrected chi connectivity index (χ0v) is 18.3. The van der Waals surface area contributed by atoms with E-state index >= 15 is 0 Å². The van der Waals surface area contributed by atoms with Crippen LogP contribution in [0.25, 0.3) is 0 Å². The Kier molecular flexibility index (Phi) is 7.63. The van der Waals surface area contributed by atoms with Crippen molar-refractivity contribution in [2.75, 3.05) is 0 Å². The highest BCUT2D eigenvalue weighted by Crippen LogP contribution is 2.26. The highest BCUT2D eigenvalue weighted by Gasteiger charge is 2.34. The third-order valence-corrected chi connectivity index (χ3v) is 4.80. The first-order chi connectivity index (χ1) is 14.3. The van der Waals surface area contributed by atoms with Crippen LogP contribution in [0.15, 0.2) is 36.4 Å². The molecular formula is C23H28BFN2O4. The number of nitrogens with one attached hydrogen (secondary N) is 1. The van der Waals surface area contributed by atoms with Crippen LogP contribution in [-0.2, 0) is 0 Å². The fourth-order valence-corrected chi connectivity index (χ4v) is 3.33. The predicted octanol–water partition coefficient (Wildman–Crippen LogP) is 1.81. The molecule has 0 fully saturated rings. The summed E-state index contributed by atoms with van der Waals surface area (Å²) in [5.74, 6) is 1.27. The average molecular weight is 426 g/mol. The van der Waals surface area contributed by atoms with Gasteiger partial charge in [-0.05, 0) is 43.0 Å². The molecule has 0 spiro atoms. The van der Waals surface area contributed by atoms with E-state index in [4.69, 9.17) is 6.42 Å². The van der Waals surface area contributed by atoms with Gasteiger partial charge in [0.1, 0.15) is 18.1 Å². The number of rotatable bonds is 6. The molecule has 0 aromatic heterocycles. The molecule has 2 rings (SSSR count). The molecule has 6 nitrogen and oxygen atoms in total. The lowest BCUT2D eigenvalue weighted by Crippen LogP contribution is -2.55. The summed E-state index contributed by atoms with van der Waals surface area (Å²) in [6.45, 7) is 9.34. The van der Waals surface area contributed by atoms with Crippen LogP contribution in [0.3, 0.4) is 0 Å². The predicted molar refractivity (Wildman–Crippen MR) is 118 cm³/mol. The third kappa shape index (κ3) is 5.93. The Balaban J connectivity index is 2.44. The van der Waals surface area contributed by atoms with E-state index in [0.717, 1.165) is 23.3 Å². The Morgan fingerprint density at radius 3 is 2.19 bits per heavy atom. The molecule has 2 atom stereocenters. The van der Waals surface area contributed by atoms with Gasteiger partial charge in [-0.25, -0.2) is 4.39 Å². The fourth-order valence-electron chi connectivity index (χ4n) is 3.33. The van der Waals surface area contributed by atoms with Gasteiger partial charge in [-0.1, -0.05) is 56.0 Å². The summed E-state index contributed by atoms with van der Waals surface area (Å²) >= 11 is 0. The van der Waals surface area contributed by atoms with Crippen molar-refractivity contribution >= 4 is 18.5 Å². The number of hydrazine groups is 1. The van der Waals surface area contributed by atoms with Gasteiger partial charge in [0.15, 0.2) is 0 Å². The number of hydrogen-bond acceptors (Lipinski definition) is 5. The molecule has 0 radical (unpaired) electrons. The van der Waals surface area contributed by atoms with Crippen molar-refractivity contribution < 1.29 is 24.3 Å². The van der Waals surface area contributed by atoms with Crippen molar-refractivity contribution in [3.05, 3.63) is 64.5 Å². The third-order valence-electron chi connectivity index (χ3n) is 4.80. The quantitative estimate of drug-likeness (QED) is 0.245. The molecule has 0 aliphatic carbocycles. The number of carbonyl (C=O) groups is 1. The molecule has 2 aromatic carbocycles. The van der Waals surface area contributed by atoms with Gasteiger partial charge in [0, 0.05) is 11.0 Å². The van der Waals surface area contributed by atoms with Crippen LogP contribution in [0.5, 0.6) is 0 Å². The first kappa shape index (κ1) is 24.6. The zero-order valence-electron chi connectivity index (χ0n) is 18.3.